The molecule has 0 unspecified atom stereocenters. The molecule has 0 N–H and O–H groups in total. The summed E-state index contributed by atoms with van der Waals surface area (Å²) in [6.45, 7) is 0. The first-order chi connectivity index (χ1) is 10.1. The third-order valence-corrected chi connectivity index (χ3v) is 5.40. The molecule has 0 aliphatic carbocycles. The second kappa shape index (κ2) is 7.30. The van der Waals surface area contributed by atoms with Crippen LogP contribution in [0.3, 0.4) is 0 Å². The highest BCUT2D eigenvalue weighted by molar-refractivity contribution is 7.91. The Labute approximate surface area is 135 Å². The van der Waals surface area contributed by atoms with Crippen LogP contribution in [0.5, 0.6) is 0 Å². The first-order valence-corrected chi connectivity index (χ1v) is 9.18. The first-order valence-electron chi connectivity index (χ1n) is 6.63. The Kier molecular flexibility index (Phi) is 5.68. The van der Waals surface area contributed by atoms with Crippen molar-refractivity contribution in [2.45, 2.75) is 22.6 Å². The Morgan fingerprint density at radius 3 is 1.29 bits per heavy atom. The summed E-state index contributed by atoms with van der Waals surface area (Å²) in [7, 11) is -3.47. The van der Waals surface area contributed by atoms with Crippen molar-refractivity contribution < 1.29 is 8.42 Å². The minimum atomic E-state index is -3.47. The van der Waals surface area contributed by atoms with Gasteiger partial charge in [-0.2, -0.15) is 0 Å². The van der Waals surface area contributed by atoms with E-state index < -0.39 is 9.84 Å². The van der Waals surface area contributed by atoms with Crippen molar-refractivity contribution in [2.75, 3.05) is 11.8 Å². The Bertz CT molecular complexity index is 622. The molecular formula is C16H16Cl2O2S. The summed E-state index contributed by atoms with van der Waals surface area (Å²) in [5.74, 6) is 1.04. The second-order valence-corrected chi connectivity index (χ2v) is 7.37. The van der Waals surface area contributed by atoms with Crippen LogP contribution < -0.4 is 0 Å². The topological polar surface area (TPSA) is 34.1 Å². The van der Waals surface area contributed by atoms with Crippen molar-refractivity contribution in [3.8, 4) is 0 Å². The number of hydrogen-bond acceptors (Lipinski definition) is 2. The Balaban J connectivity index is 2.28. The van der Waals surface area contributed by atoms with Crippen molar-refractivity contribution >= 4 is 33.0 Å². The van der Waals surface area contributed by atoms with Gasteiger partial charge in [-0.15, -0.1) is 23.2 Å². The predicted octanol–water partition coefficient (Wildman–Crippen LogP) is 4.08. The van der Waals surface area contributed by atoms with Gasteiger partial charge in [-0.25, -0.2) is 8.42 Å². The van der Waals surface area contributed by atoms with E-state index in [9.17, 15) is 8.42 Å². The molecular weight excluding hydrogens is 327 g/mol. The molecule has 0 aromatic heterocycles. The Morgan fingerprint density at radius 1 is 0.667 bits per heavy atom. The fourth-order valence-corrected chi connectivity index (χ4v) is 3.72. The molecule has 0 fully saturated rings. The van der Waals surface area contributed by atoms with E-state index in [1.165, 1.54) is 0 Å². The molecule has 0 atom stereocenters. The molecule has 2 aromatic carbocycles. The number of alkyl halides is 2. The average molecular weight is 343 g/mol. The summed E-state index contributed by atoms with van der Waals surface area (Å²) in [5.41, 5.74) is 2.06. The molecule has 5 heteroatoms. The number of hydrogen-bond donors (Lipinski definition) is 0. The largest absolute Gasteiger partial charge is 0.219 e. The summed E-state index contributed by atoms with van der Waals surface area (Å²) in [6.07, 6.45) is 1.46. The van der Waals surface area contributed by atoms with E-state index in [1.807, 2.05) is 0 Å². The molecule has 0 aliphatic heterocycles. The van der Waals surface area contributed by atoms with Crippen LogP contribution >= 0.6 is 23.2 Å². The van der Waals surface area contributed by atoms with Gasteiger partial charge in [-0.3, -0.25) is 0 Å². The molecule has 0 saturated carbocycles. The summed E-state index contributed by atoms with van der Waals surface area (Å²) >= 11 is 11.3. The van der Waals surface area contributed by atoms with Crippen LogP contribution in [0.2, 0.25) is 0 Å². The summed E-state index contributed by atoms with van der Waals surface area (Å²) in [6, 6.07) is 13.7. The number of rotatable bonds is 6. The maximum absolute atomic E-state index is 12.5. The zero-order valence-corrected chi connectivity index (χ0v) is 13.8. The SMILES string of the molecule is O=S(=O)(c1ccc(CCCl)cc1)c1ccc(CCCl)cc1. The quantitative estimate of drug-likeness (QED) is 0.741. The van der Waals surface area contributed by atoms with Gasteiger partial charge in [0.15, 0.2) is 0 Å². The highest BCUT2D eigenvalue weighted by Crippen LogP contribution is 2.22. The zero-order valence-electron chi connectivity index (χ0n) is 11.4. The van der Waals surface area contributed by atoms with Crippen molar-refractivity contribution in [2.24, 2.45) is 0 Å². The minimum Gasteiger partial charge on any atom is -0.219 e. The van der Waals surface area contributed by atoms with Crippen LogP contribution in [0.1, 0.15) is 11.1 Å². The van der Waals surface area contributed by atoms with E-state index in [1.54, 1.807) is 48.5 Å². The normalized spacial score (nSPS) is 11.5. The number of sulfone groups is 1. The van der Waals surface area contributed by atoms with Crippen LogP contribution in [0.4, 0.5) is 0 Å². The highest BCUT2D eigenvalue weighted by atomic mass is 35.5. The van der Waals surface area contributed by atoms with Gasteiger partial charge in [0.25, 0.3) is 0 Å². The van der Waals surface area contributed by atoms with E-state index in [4.69, 9.17) is 23.2 Å². The van der Waals surface area contributed by atoms with Crippen molar-refractivity contribution in [1.29, 1.82) is 0 Å². The summed E-state index contributed by atoms with van der Waals surface area (Å²) < 4.78 is 25.0. The molecule has 2 nitrogen and oxygen atoms in total. The fourth-order valence-electron chi connectivity index (χ4n) is 2.02. The van der Waals surface area contributed by atoms with Crippen molar-refractivity contribution in [1.82, 2.24) is 0 Å². The van der Waals surface area contributed by atoms with E-state index in [2.05, 4.69) is 0 Å². The first kappa shape index (κ1) is 16.3. The number of halogens is 2. The summed E-state index contributed by atoms with van der Waals surface area (Å²) in [4.78, 5) is 0.594. The van der Waals surface area contributed by atoms with E-state index in [-0.39, 0.29) is 0 Å². The van der Waals surface area contributed by atoms with E-state index in [0.717, 1.165) is 24.0 Å². The molecule has 0 amide bonds. The second-order valence-electron chi connectivity index (χ2n) is 4.67. The van der Waals surface area contributed by atoms with Gasteiger partial charge in [0.2, 0.25) is 9.84 Å². The third kappa shape index (κ3) is 4.00. The molecule has 2 aromatic rings. The predicted molar refractivity (Wildman–Crippen MR) is 87.2 cm³/mol. The molecule has 0 aliphatic rings. The zero-order chi connectivity index (χ0) is 15.3. The van der Waals surface area contributed by atoms with E-state index >= 15 is 0 Å². The number of aryl methyl sites for hydroxylation is 2. The maximum atomic E-state index is 12.5. The molecule has 0 bridgehead atoms. The molecule has 0 spiro atoms. The van der Waals surface area contributed by atoms with Crippen molar-refractivity contribution in [3.63, 3.8) is 0 Å². The molecule has 2 rings (SSSR count). The van der Waals surface area contributed by atoms with Crippen molar-refractivity contribution in [3.05, 3.63) is 59.7 Å². The lowest BCUT2D eigenvalue weighted by atomic mass is 10.2. The number of benzene rings is 2. The van der Waals surface area contributed by atoms with Crippen LogP contribution in [0.25, 0.3) is 0 Å². The lowest BCUT2D eigenvalue weighted by molar-refractivity contribution is 0.596. The van der Waals surface area contributed by atoms with Gasteiger partial charge in [-0.05, 0) is 48.2 Å². The van der Waals surface area contributed by atoms with E-state index in [0.29, 0.717) is 21.6 Å². The maximum Gasteiger partial charge on any atom is 0.206 e. The molecule has 0 heterocycles. The lowest BCUT2D eigenvalue weighted by Crippen LogP contribution is -2.02. The van der Waals surface area contributed by atoms with Gasteiger partial charge in [0.1, 0.15) is 0 Å². The lowest BCUT2D eigenvalue weighted by Gasteiger charge is -2.07. The van der Waals surface area contributed by atoms with Gasteiger partial charge >= 0.3 is 0 Å². The molecule has 0 saturated heterocycles. The van der Waals surface area contributed by atoms with Gasteiger partial charge in [0, 0.05) is 11.8 Å². The molecule has 21 heavy (non-hydrogen) atoms. The van der Waals surface area contributed by atoms with Crippen LogP contribution in [0.15, 0.2) is 58.3 Å². The van der Waals surface area contributed by atoms with Crippen LogP contribution in [0, 0.1) is 0 Å². The van der Waals surface area contributed by atoms with Gasteiger partial charge < -0.3 is 0 Å². The molecule has 0 radical (unpaired) electrons. The van der Waals surface area contributed by atoms with Crippen LogP contribution in [-0.2, 0) is 22.7 Å². The molecule has 112 valence electrons. The third-order valence-electron chi connectivity index (χ3n) is 3.23. The minimum absolute atomic E-state index is 0.297. The Hall–Kier alpha value is -1.03. The summed E-state index contributed by atoms with van der Waals surface area (Å²) in [5, 5.41) is 0. The highest BCUT2D eigenvalue weighted by Gasteiger charge is 2.17. The monoisotopic (exact) mass is 342 g/mol. The Morgan fingerprint density at radius 2 is 1.00 bits per heavy atom. The van der Waals surface area contributed by atoms with Gasteiger partial charge in [-0.1, -0.05) is 24.3 Å². The fraction of sp³-hybridized carbons (Fsp3) is 0.250. The van der Waals surface area contributed by atoms with Gasteiger partial charge in [0.05, 0.1) is 9.79 Å². The standard InChI is InChI=1S/C16H16Cl2O2S/c17-11-9-13-1-5-15(6-2-13)21(19,20)16-7-3-14(4-8-16)10-12-18/h1-8H,9-12H2. The van der Waals surface area contributed by atoms with Crippen LogP contribution in [-0.4, -0.2) is 20.2 Å². The average Bonchev–Trinajstić information content (AvgIpc) is 2.49. The smallest absolute Gasteiger partial charge is 0.206 e.